The minimum Gasteiger partial charge on any atom is -0.464 e. The van der Waals surface area contributed by atoms with Crippen molar-refractivity contribution < 1.29 is 23.7 Å². The highest BCUT2D eigenvalue weighted by molar-refractivity contribution is 5.74. The van der Waals surface area contributed by atoms with Crippen molar-refractivity contribution in [3.8, 4) is 0 Å². The number of carbonyl (C=O) groups excluding carboxylic acids is 1. The van der Waals surface area contributed by atoms with Gasteiger partial charge < -0.3 is 18.9 Å². The Morgan fingerprint density at radius 3 is 2.48 bits per heavy atom. The van der Waals surface area contributed by atoms with E-state index < -0.39 is 6.10 Å². The molecule has 2 unspecified atom stereocenters. The lowest BCUT2D eigenvalue weighted by Crippen LogP contribution is -2.26. The summed E-state index contributed by atoms with van der Waals surface area (Å²) in [5.74, 6) is -0.239. The topological polar surface area (TPSA) is 54.0 Å². The first-order chi connectivity index (χ1) is 11.3. The van der Waals surface area contributed by atoms with Crippen molar-refractivity contribution in [1.82, 2.24) is 0 Å². The zero-order valence-corrected chi connectivity index (χ0v) is 14.9. The molecule has 0 spiro atoms. The highest BCUT2D eigenvalue weighted by Gasteiger charge is 2.17. The van der Waals surface area contributed by atoms with Crippen molar-refractivity contribution in [2.75, 3.05) is 26.4 Å². The maximum Gasteiger partial charge on any atom is 0.335 e. The standard InChI is InChI=1S/C18H34O5/c1-3-16(18(19)20-4-2)21-13-9-6-5-7-10-14-22-17-12-8-11-15-23-17/h16-17H,3-15H2,1-2H3. The first-order valence-electron chi connectivity index (χ1n) is 9.29. The molecule has 0 radical (unpaired) electrons. The maximum atomic E-state index is 11.6. The Hall–Kier alpha value is -0.650. The summed E-state index contributed by atoms with van der Waals surface area (Å²) in [5, 5.41) is 0. The third-order valence-corrected chi connectivity index (χ3v) is 3.97. The molecule has 0 aliphatic carbocycles. The molecule has 136 valence electrons. The van der Waals surface area contributed by atoms with Gasteiger partial charge in [-0.3, -0.25) is 0 Å². The van der Waals surface area contributed by atoms with Gasteiger partial charge in [0, 0.05) is 19.8 Å². The van der Waals surface area contributed by atoms with Crippen LogP contribution < -0.4 is 0 Å². The summed E-state index contributed by atoms with van der Waals surface area (Å²) >= 11 is 0. The SMILES string of the molecule is CCOC(=O)C(CC)OCCCCCCCOC1CCCCO1. The summed E-state index contributed by atoms with van der Waals surface area (Å²) in [7, 11) is 0. The van der Waals surface area contributed by atoms with Crippen LogP contribution in [0.5, 0.6) is 0 Å². The predicted molar refractivity (Wildman–Crippen MR) is 89.3 cm³/mol. The van der Waals surface area contributed by atoms with E-state index in [2.05, 4.69) is 0 Å². The molecule has 1 saturated heterocycles. The molecule has 0 bridgehead atoms. The Balaban J connectivity index is 1.87. The average molecular weight is 330 g/mol. The summed E-state index contributed by atoms with van der Waals surface area (Å²) in [4.78, 5) is 11.6. The van der Waals surface area contributed by atoms with E-state index in [1.807, 2.05) is 13.8 Å². The van der Waals surface area contributed by atoms with Gasteiger partial charge >= 0.3 is 5.97 Å². The van der Waals surface area contributed by atoms with Crippen molar-refractivity contribution in [2.24, 2.45) is 0 Å². The number of hydrogen-bond acceptors (Lipinski definition) is 5. The number of esters is 1. The van der Waals surface area contributed by atoms with Gasteiger partial charge in [0.25, 0.3) is 0 Å². The van der Waals surface area contributed by atoms with Crippen molar-refractivity contribution in [2.45, 2.75) is 84.0 Å². The fraction of sp³-hybridized carbons (Fsp3) is 0.944. The quantitative estimate of drug-likeness (QED) is 0.379. The van der Waals surface area contributed by atoms with E-state index >= 15 is 0 Å². The number of ether oxygens (including phenoxy) is 4. The van der Waals surface area contributed by atoms with Gasteiger partial charge in [-0.05, 0) is 45.4 Å². The summed E-state index contributed by atoms with van der Waals surface area (Å²) < 4.78 is 21.8. The maximum absolute atomic E-state index is 11.6. The fourth-order valence-electron chi connectivity index (χ4n) is 2.61. The number of carbonyl (C=O) groups is 1. The van der Waals surface area contributed by atoms with Crippen LogP contribution in [0.2, 0.25) is 0 Å². The van der Waals surface area contributed by atoms with E-state index in [0.717, 1.165) is 45.3 Å². The van der Waals surface area contributed by atoms with Crippen LogP contribution in [0.15, 0.2) is 0 Å². The van der Waals surface area contributed by atoms with Gasteiger partial charge in [0.05, 0.1) is 6.61 Å². The molecule has 5 heteroatoms. The normalized spacial score (nSPS) is 19.5. The zero-order valence-electron chi connectivity index (χ0n) is 14.9. The third kappa shape index (κ3) is 9.95. The van der Waals surface area contributed by atoms with E-state index in [1.54, 1.807) is 0 Å². The molecule has 1 heterocycles. The average Bonchev–Trinajstić information content (AvgIpc) is 2.58. The number of unbranched alkanes of at least 4 members (excludes halogenated alkanes) is 4. The van der Waals surface area contributed by atoms with Gasteiger partial charge in [0.2, 0.25) is 0 Å². The van der Waals surface area contributed by atoms with Gasteiger partial charge in [-0.1, -0.05) is 26.2 Å². The largest absolute Gasteiger partial charge is 0.464 e. The Kier molecular flexibility index (Phi) is 12.2. The summed E-state index contributed by atoms with van der Waals surface area (Å²) in [6.07, 6.45) is 9.26. The predicted octanol–water partition coefficient (Wildman–Crippen LogP) is 3.84. The summed E-state index contributed by atoms with van der Waals surface area (Å²) in [6.45, 7) is 6.43. The second-order valence-electron chi connectivity index (χ2n) is 5.95. The Morgan fingerprint density at radius 2 is 1.83 bits per heavy atom. The van der Waals surface area contributed by atoms with Gasteiger partial charge in [-0.25, -0.2) is 4.79 Å². The smallest absolute Gasteiger partial charge is 0.335 e. The van der Waals surface area contributed by atoms with Crippen LogP contribution in [0, 0.1) is 0 Å². The molecule has 23 heavy (non-hydrogen) atoms. The number of hydrogen-bond donors (Lipinski definition) is 0. The highest BCUT2D eigenvalue weighted by atomic mass is 16.7. The lowest BCUT2D eigenvalue weighted by atomic mass is 10.1. The Bertz CT molecular complexity index is 289. The second kappa shape index (κ2) is 13.8. The van der Waals surface area contributed by atoms with Crippen molar-refractivity contribution in [1.29, 1.82) is 0 Å². The van der Waals surface area contributed by atoms with Crippen molar-refractivity contribution >= 4 is 5.97 Å². The molecule has 1 aliphatic heterocycles. The first-order valence-corrected chi connectivity index (χ1v) is 9.29. The minimum atomic E-state index is -0.404. The van der Waals surface area contributed by atoms with Crippen LogP contribution in [0.4, 0.5) is 0 Å². The molecule has 0 N–H and O–H groups in total. The molecule has 0 saturated carbocycles. The van der Waals surface area contributed by atoms with E-state index in [9.17, 15) is 4.79 Å². The van der Waals surface area contributed by atoms with Crippen molar-refractivity contribution in [3.63, 3.8) is 0 Å². The molecule has 1 fully saturated rings. The molecule has 5 nitrogen and oxygen atoms in total. The van der Waals surface area contributed by atoms with Gasteiger partial charge in [0.15, 0.2) is 12.4 Å². The molecule has 0 aromatic rings. The monoisotopic (exact) mass is 330 g/mol. The molecular formula is C18H34O5. The highest BCUT2D eigenvalue weighted by Crippen LogP contribution is 2.14. The van der Waals surface area contributed by atoms with Crippen LogP contribution in [0.3, 0.4) is 0 Å². The van der Waals surface area contributed by atoms with Gasteiger partial charge in [-0.15, -0.1) is 0 Å². The van der Waals surface area contributed by atoms with Crippen LogP contribution in [0.25, 0.3) is 0 Å². The van der Waals surface area contributed by atoms with E-state index in [-0.39, 0.29) is 12.3 Å². The van der Waals surface area contributed by atoms with E-state index in [0.29, 0.717) is 19.6 Å². The second-order valence-corrected chi connectivity index (χ2v) is 5.95. The first kappa shape index (κ1) is 20.4. The Morgan fingerprint density at radius 1 is 1.09 bits per heavy atom. The molecule has 1 aliphatic rings. The van der Waals surface area contributed by atoms with Crippen molar-refractivity contribution in [3.05, 3.63) is 0 Å². The van der Waals surface area contributed by atoms with Crippen LogP contribution in [-0.4, -0.2) is 44.8 Å². The molecule has 0 aromatic heterocycles. The van der Waals surface area contributed by atoms with E-state index in [1.165, 1.54) is 19.3 Å². The van der Waals surface area contributed by atoms with Gasteiger partial charge in [0.1, 0.15) is 0 Å². The van der Waals surface area contributed by atoms with Crippen LogP contribution in [-0.2, 0) is 23.7 Å². The molecule has 0 aromatic carbocycles. The Labute approximate surface area is 141 Å². The zero-order chi connectivity index (χ0) is 16.8. The lowest BCUT2D eigenvalue weighted by molar-refractivity contribution is -0.162. The van der Waals surface area contributed by atoms with Gasteiger partial charge in [-0.2, -0.15) is 0 Å². The number of rotatable bonds is 13. The van der Waals surface area contributed by atoms with Crippen LogP contribution in [0.1, 0.15) is 71.6 Å². The molecule has 0 amide bonds. The summed E-state index contributed by atoms with van der Waals surface area (Å²) in [5.41, 5.74) is 0. The molecular weight excluding hydrogens is 296 g/mol. The van der Waals surface area contributed by atoms with Crippen LogP contribution >= 0.6 is 0 Å². The molecule has 1 rings (SSSR count). The fourth-order valence-corrected chi connectivity index (χ4v) is 2.61. The molecule has 2 atom stereocenters. The lowest BCUT2D eigenvalue weighted by Gasteiger charge is -2.22. The summed E-state index contributed by atoms with van der Waals surface area (Å²) in [6, 6.07) is 0. The minimum absolute atomic E-state index is 0.0333. The van der Waals surface area contributed by atoms with E-state index in [4.69, 9.17) is 18.9 Å². The third-order valence-electron chi connectivity index (χ3n) is 3.97.